The van der Waals surface area contributed by atoms with E-state index in [1.165, 1.54) is 16.0 Å². The van der Waals surface area contributed by atoms with Crippen LogP contribution in [-0.4, -0.2) is 61.7 Å². The summed E-state index contributed by atoms with van der Waals surface area (Å²) in [4.78, 5) is 27.9. The van der Waals surface area contributed by atoms with Crippen molar-refractivity contribution in [2.24, 2.45) is 0 Å². The smallest absolute Gasteiger partial charge is 0.409 e. The van der Waals surface area contributed by atoms with Crippen molar-refractivity contribution >= 4 is 12.0 Å². The molecule has 0 aromatic heterocycles. The van der Waals surface area contributed by atoms with E-state index >= 15 is 0 Å². The van der Waals surface area contributed by atoms with Gasteiger partial charge in [-0.05, 0) is 31.0 Å². The molecule has 0 saturated carbocycles. The Morgan fingerprint density at radius 2 is 1.80 bits per heavy atom. The number of benzene rings is 1. The molecule has 3 rings (SSSR count). The van der Waals surface area contributed by atoms with Crippen molar-refractivity contribution in [3.8, 4) is 5.75 Å². The number of aryl methyl sites for hydroxylation is 2. The highest BCUT2D eigenvalue weighted by atomic mass is 16.6. The number of carbonyl (C=O) groups excluding carboxylic acids is 2. The van der Waals surface area contributed by atoms with E-state index < -0.39 is 0 Å². The van der Waals surface area contributed by atoms with Gasteiger partial charge in [-0.2, -0.15) is 0 Å². The molecule has 2 aliphatic rings. The van der Waals surface area contributed by atoms with Crippen LogP contribution in [0.2, 0.25) is 0 Å². The van der Waals surface area contributed by atoms with Crippen molar-refractivity contribution < 1.29 is 19.1 Å². The summed E-state index contributed by atoms with van der Waals surface area (Å²) in [7, 11) is 3.34. The highest BCUT2D eigenvalue weighted by molar-refractivity contribution is 5.86. The number of hydrogen-bond acceptors (Lipinski definition) is 4. The maximum atomic E-state index is 12.9. The zero-order chi connectivity index (χ0) is 18.1. The average molecular weight is 346 g/mol. The van der Waals surface area contributed by atoms with Gasteiger partial charge in [0, 0.05) is 45.6 Å². The quantitative estimate of drug-likeness (QED) is 0.825. The van der Waals surface area contributed by atoms with Crippen LogP contribution in [0.4, 0.5) is 4.79 Å². The Hall–Kier alpha value is -2.24. The number of hydrogen-bond donors (Lipinski definition) is 0. The molecule has 0 radical (unpaired) electrons. The van der Waals surface area contributed by atoms with E-state index in [1.807, 2.05) is 17.9 Å². The summed E-state index contributed by atoms with van der Waals surface area (Å²) < 4.78 is 11.2. The minimum absolute atomic E-state index is 0.111. The standard InChI is InChI=1S/C19H26N2O4/c1-12-9-15-16(11-24-17(15)10-13(12)2)18(22)21-7-5-14(6-8-21)25-19(23)20(3)4/h9-10,14,16H,5-8,11H2,1-4H3. The van der Waals surface area contributed by atoms with Crippen molar-refractivity contribution in [1.82, 2.24) is 9.80 Å². The van der Waals surface area contributed by atoms with Gasteiger partial charge in [0.25, 0.3) is 0 Å². The molecule has 2 amide bonds. The molecular weight excluding hydrogens is 320 g/mol. The molecular formula is C19H26N2O4. The first-order chi connectivity index (χ1) is 11.9. The van der Waals surface area contributed by atoms with Gasteiger partial charge in [0.2, 0.25) is 5.91 Å². The van der Waals surface area contributed by atoms with Gasteiger partial charge < -0.3 is 19.3 Å². The highest BCUT2D eigenvalue weighted by Gasteiger charge is 2.35. The van der Waals surface area contributed by atoms with Crippen molar-refractivity contribution in [2.75, 3.05) is 33.8 Å². The SMILES string of the molecule is Cc1cc2c(cc1C)C(C(=O)N1CCC(OC(=O)N(C)C)CC1)CO2. The Morgan fingerprint density at radius 3 is 2.44 bits per heavy atom. The molecule has 0 spiro atoms. The lowest BCUT2D eigenvalue weighted by Crippen LogP contribution is -2.44. The van der Waals surface area contributed by atoms with E-state index in [9.17, 15) is 9.59 Å². The fraction of sp³-hybridized carbons (Fsp3) is 0.579. The Bertz CT molecular complexity index is 678. The zero-order valence-electron chi connectivity index (χ0n) is 15.4. The van der Waals surface area contributed by atoms with Gasteiger partial charge >= 0.3 is 6.09 Å². The first kappa shape index (κ1) is 17.6. The van der Waals surface area contributed by atoms with Crippen molar-refractivity contribution in [3.63, 3.8) is 0 Å². The molecule has 25 heavy (non-hydrogen) atoms. The van der Waals surface area contributed by atoms with Crippen molar-refractivity contribution in [2.45, 2.75) is 38.7 Å². The Morgan fingerprint density at radius 1 is 1.16 bits per heavy atom. The fourth-order valence-corrected chi connectivity index (χ4v) is 3.34. The lowest BCUT2D eigenvalue weighted by Gasteiger charge is -2.33. The van der Waals surface area contributed by atoms with E-state index in [0.717, 1.165) is 11.3 Å². The monoisotopic (exact) mass is 346 g/mol. The summed E-state index contributed by atoms with van der Waals surface area (Å²) in [5.74, 6) is 0.714. The number of ether oxygens (including phenoxy) is 2. The lowest BCUT2D eigenvalue weighted by atomic mass is 9.95. The maximum Gasteiger partial charge on any atom is 0.409 e. The summed E-state index contributed by atoms with van der Waals surface area (Å²) in [6, 6.07) is 4.09. The lowest BCUT2D eigenvalue weighted by molar-refractivity contribution is -0.135. The Balaban J connectivity index is 1.61. The summed E-state index contributed by atoms with van der Waals surface area (Å²) >= 11 is 0. The minimum Gasteiger partial charge on any atom is -0.492 e. The molecule has 1 saturated heterocycles. The molecule has 1 aromatic rings. The minimum atomic E-state index is -0.325. The van der Waals surface area contributed by atoms with Crippen LogP contribution in [0.25, 0.3) is 0 Å². The van der Waals surface area contributed by atoms with E-state index in [0.29, 0.717) is 32.5 Å². The van der Waals surface area contributed by atoms with Crippen LogP contribution >= 0.6 is 0 Å². The molecule has 0 N–H and O–H groups in total. The zero-order valence-corrected chi connectivity index (χ0v) is 15.4. The molecule has 6 heteroatoms. The normalized spacial score (nSPS) is 20.0. The number of likely N-dealkylation sites (tertiary alicyclic amines) is 1. The predicted octanol–water partition coefficient (Wildman–Crippen LogP) is 2.47. The van der Waals surface area contributed by atoms with E-state index in [2.05, 4.69) is 13.0 Å². The third-order valence-corrected chi connectivity index (χ3v) is 5.09. The third-order valence-electron chi connectivity index (χ3n) is 5.09. The van der Waals surface area contributed by atoms with Gasteiger partial charge in [0.15, 0.2) is 0 Å². The molecule has 0 bridgehead atoms. The summed E-state index contributed by atoms with van der Waals surface area (Å²) in [6.45, 7) is 5.74. The van der Waals surface area contributed by atoms with Crippen LogP contribution in [-0.2, 0) is 9.53 Å². The Labute approximate surface area is 148 Å². The molecule has 6 nitrogen and oxygen atoms in total. The molecule has 1 atom stereocenters. The number of carbonyl (C=O) groups is 2. The maximum absolute atomic E-state index is 12.9. The molecule has 136 valence electrons. The number of nitrogens with zero attached hydrogens (tertiary/aromatic N) is 2. The molecule has 0 aliphatic carbocycles. The second-order valence-corrected chi connectivity index (χ2v) is 7.14. The van der Waals surface area contributed by atoms with Gasteiger partial charge in [-0.25, -0.2) is 4.79 Å². The first-order valence-corrected chi connectivity index (χ1v) is 8.77. The number of fused-ring (bicyclic) bond motifs is 1. The van der Waals surface area contributed by atoms with Gasteiger partial charge in [-0.3, -0.25) is 4.79 Å². The number of rotatable bonds is 2. The predicted molar refractivity (Wildman–Crippen MR) is 93.9 cm³/mol. The first-order valence-electron chi connectivity index (χ1n) is 8.77. The van der Waals surface area contributed by atoms with Crippen LogP contribution in [0, 0.1) is 13.8 Å². The van der Waals surface area contributed by atoms with E-state index in [4.69, 9.17) is 9.47 Å². The van der Waals surface area contributed by atoms with Gasteiger partial charge in [0.1, 0.15) is 24.4 Å². The second-order valence-electron chi connectivity index (χ2n) is 7.14. The largest absolute Gasteiger partial charge is 0.492 e. The van der Waals surface area contributed by atoms with Crippen LogP contribution in [0.3, 0.4) is 0 Å². The molecule has 2 heterocycles. The van der Waals surface area contributed by atoms with E-state index in [-0.39, 0.29) is 24.0 Å². The van der Waals surface area contributed by atoms with Crippen molar-refractivity contribution in [1.29, 1.82) is 0 Å². The van der Waals surface area contributed by atoms with Crippen LogP contribution < -0.4 is 4.74 Å². The van der Waals surface area contributed by atoms with E-state index in [1.54, 1.807) is 14.1 Å². The van der Waals surface area contributed by atoms with Crippen LogP contribution in [0.5, 0.6) is 5.75 Å². The average Bonchev–Trinajstić information content (AvgIpc) is 2.98. The number of piperidine rings is 1. The van der Waals surface area contributed by atoms with Gasteiger partial charge in [0.05, 0.1) is 0 Å². The molecule has 2 aliphatic heterocycles. The molecule has 1 fully saturated rings. The second kappa shape index (κ2) is 6.94. The summed E-state index contributed by atoms with van der Waals surface area (Å²) in [6.07, 6.45) is 0.918. The summed E-state index contributed by atoms with van der Waals surface area (Å²) in [5, 5.41) is 0. The molecule has 1 aromatic carbocycles. The fourth-order valence-electron chi connectivity index (χ4n) is 3.34. The Kier molecular flexibility index (Phi) is 4.88. The van der Waals surface area contributed by atoms with Crippen LogP contribution in [0.1, 0.15) is 35.4 Å². The van der Waals surface area contributed by atoms with Crippen molar-refractivity contribution in [3.05, 3.63) is 28.8 Å². The molecule has 1 unspecified atom stereocenters. The van der Waals surface area contributed by atoms with Gasteiger partial charge in [-0.1, -0.05) is 6.07 Å². The summed E-state index contributed by atoms with van der Waals surface area (Å²) in [5.41, 5.74) is 3.35. The van der Waals surface area contributed by atoms with Gasteiger partial charge in [-0.15, -0.1) is 0 Å². The third kappa shape index (κ3) is 3.57. The topological polar surface area (TPSA) is 59.1 Å². The van der Waals surface area contributed by atoms with Crippen LogP contribution in [0.15, 0.2) is 12.1 Å². The number of amides is 2. The highest BCUT2D eigenvalue weighted by Crippen LogP contribution is 2.37.